The summed E-state index contributed by atoms with van der Waals surface area (Å²) in [6.45, 7) is 0. The van der Waals surface area contributed by atoms with Gasteiger partial charge in [0.05, 0.1) is 11.4 Å². The fraction of sp³-hybridized carbons (Fsp3) is 0. The Morgan fingerprint density at radius 2 is 1.66 bits per heavy atom. The Hall–Kier alpha value is -3.49. The molecule has 142 valence electrons. The standard InChI is InChI=1S/C20H14ClN7S/c21-14-6-9-15(10-7-14)28-18(22)17(23-26-28)19-24-25-20(29)27(19)16-8-5-12-3-1-2-4-13(12)11-16/h1-11H,22H2,(H,25,29). The maximum atomic E-state index is 6.36. The third kappa shape index (κ3) is 2.98. The first-order valence-corrected chi connectivity index (χ1v) is 9.54. The number of halogens is 1. The zero-order valence-electron chi connectivity index (χ0n) is 15.0. The molecule has 0 radical (unpaired) electrons. The number of nitrogens with one attached hydrogen (secondary N) is 1. The smallest absolute Gasteiger partial charge is 0.200 e. The van der Waals surface area contributed by atoms with Crippen LogP contribution in [0.15, 0.2) is 66.7 Å². The molecule has 2 heterocycles. The highest BCUT2D eigenvalue weighted by Crippen LogP contribution is 2.28. The number of nitrogens with two attached hydrogens (primary N) is 1. The summed E-state index contributed by atoms with van der Waals surface area (Å²) in [6, 6.07) is 21.3. The summed E-state index contributed by atoms with van der Waals surface area (Å²) < 4.78 is 3.78. The van der Waals surface area contributed by atoms with Crippen molar-refractivity contribution in [1.29, 1.82) is 0 Å². The van der Waals surface area contributed by atoms with Crippen molar-refractivity contribution in [1.82, 2.24) is 29.8 Å². The average Bonchev–Trinajstić information content (AvgIpc) is 3.30. The van der Waals surface area contributed by atoms with Crippen molar-refractivity contribution in [3.63, 3.8) is 0 Å². The van der Waals surface area contributed by atoms with Crippen molar-refractivity contribution < 1.29 is 0 Å². The summed E-state index contributed by atoms with van der Waals surface area (Å²) in [6.07, 6.45) is 0. The van der Waals surface area contributed by atoms with Crippen LogP contribution in [-0.4, -0.2) is 29.8 Å². The lowest BCUT2D eigenvalue weighted by atomic mass is 10.1. The molecule has 0 saturated heterocycles. The van der Waals surface area contributed by atoms with Crippen molar-refractivity contribution in [3.8, 4) is 22.9 Å². The van der Waals surface area contributed by atoms with Crippen LogP contribution in [0.2, 0.25) is 5.02 Å². The lowest BCUT2D eigenvalue weighted by Gasteiger charge is -2.08. The van der Waals surface area contributed by atoms with Gasteiger partial charge < -0.3 is 5.73 Å². The predicted molar refractivity (Wildman–Crippen MR) is 116 cm³/mol. The topological polar surface area (TPSA) is 90.3 Å². The molecule has 7 nitrogen and oxygen atoms in total. The average molecular weight is 420 g/mol. The third-order valence-electron chi connectivity index (χ3n) is 4.65. The first-order valence-electron chi connectivity index (χ1n) is 8.76. The van der Waals surface area contributed by atoms with Gasteiger partial charge in [-0.3, -0.25) is 9.67 Å². The highest BCUT2D eigenvalue weighted by atomic mass is 35.5. The van der Waals surface area contributed by atoms with E-state index in [1.807, 2.05) is 48.5 Å². The number of nitrogen functional groups attached to an aromatic ring is 1. The number of hydrogen-bond donors (Lipinski definition) is 2. The lowest BCUT2D eigenvalue weighted by molar-refractivity contribution is 0.809. The van der Waals surface area contributed by atoms with Crippen LogP contribution < -0.4 is 5.73 Å². The second-order valence-corrected chi connectivity index (χ2v) is 7.25. The van der Waals surface area contributed by atoms with Gasteiger partial charge in [-0.1, -0.05) is 47.1 Å². The number of aromatic nitrogens is 6. The van der Waals surface area contributed by atoms with Gasteiger partial charge in [0.25, 0.3) is 0 Å². The van der Waals surface area contributed by atoms with Gasteiger partial charge in [0.2, 0.25) is 0 Å². The molecule has 0 unspecified atom stereocenters. The monoisotopic (exact) mass is 419 g/mol. The van der Waals surface area contributed by atoms with E-state index in [-0.39, 0.29) is 0 Å². The van der Waals surface area contributed by atoms with Crippen molar-refractivity contribution >= 4 is 40.4 Å². The van der Waals surface area contributed by atoms with E-state index >= 15 is 0 Å². The number of anilines is 1. The summed E-state index contributed by atoms with van der Waals surface area (Å²) >= 11 is 11.4. The van der Waals surface area contributed by atoms with Gasteiger partial charge in [0.15, 0.2) is 22.1 Å². The van der Waals surface area contributed by atoms with Crippen LogP contribution in [0.5, 0.6) is 0 Å². The lowest BCUT2D eigenvalue weighted by Crippen LogP contribution is -2.03. The quantitative estimate of drug-likeness (QED) is 0.418. The van der Waals surface area contributed by atoms with Gasteiger partial charge >= 0.3 is 0 Å². The molecule has 0 saturated carbocycles. The Morgan fingerprint density at radius 3 is 2.45 bits per heavy atom. The molecular weight excluding hydrogens is 406 g/mol. The minimum absolute atomic E-state index is 0.350. The number of benzene rings is 3. The van der Waals surface area contributed by atoms with E-state index in [1.165, 1.54) is 4.68 Å². The van der Waals surface area contributed by atoms with E-state index in [4.69, 9.17) is 29.6 Å². The Bertz CT molecular complexity index is 1400. The normalized spacial score (nSPS) is 11.2. The minimum Gasteiger partial charge on any atom is -0.382 e. The fourth-order valence-electron chi connectivity index (χ4n) is 3.23. The van der Waals surface area contributed by atoms with E-state index in [9.17, 15) is 0 Å². The molecule has 5 rings (SSSR count). The molecule has 2 aromatic heterocycles. The first-order chi connectivity index (χ1) is 14.1. The van der Waals surface area contributed by atoms with Crippen molar-refractivity contribution in [3.05, 3.63) is 76.5 Å². The molecule has 5 aromatic rings. The molecule has 0 aliphatic rings. The molecule has 0 aliphatic heterocycles. The number of nitrogens with zero attached hydrogens (tertiary/aromatic N) is 5. The highest BCUT2D eigenvalue weighted by Gasteiger charge is 2.20. The minimum atomic E-state index is 0.350. The second-order valence-electron chi connectivity index (χ2n) is 6.43. The Morgan fingerprint density at radius 1 is 0.931 bits per heavy atom. The zero-order chi connectivity index (χ0) is 20.0. The Labute approximate surface area is 175 Å². The summed E-state index contributed by atoms with van der Waals surface area (Å²) in [4.78, 5) is 0. The molecule has 0 spiro atoms. The maximum absolute atomic E-state index is 6.36. The summed E-state index contributed by atoms with van der Waals surface area (Å²) in [5.74, 6) is 0.839. The summed E-state index contributed by atoms with van der Waals surface area (Å²) in [7, 11) is 0. The number of hydrogen-bond acceptors (Lipinski definition) is 5. The van der Waals surface area contributed by atoms with E-state index in [1.54, 1.807) is 16.7 Å². The van der Waals surface area contributed by atoms with Crippen molar-refractivity contribution in [2.45, 2.75) is 0 Å². The van der Waals surface area contributed by atoms with E-state index in [0.717, 1.165) is 22.1 Å². The maximum Gasteiger partial charge on any atom is 0.200 e. The fourth-order valence-corrected chi connectivity index (χ4v) is 3.60. The number of aromatic amines is 1. The molecule has 3 aromatic carbocycles. The highest BCUT2D eigenvalue weighted by molar-refractivity contribution is 7.71. The van der Waals surface area contributed by atoms with Crippen LogP contribution in [0.25, 0.3) is 33.7 Å². The molecule has 29 heavy (non-hydrogen) atoms. The van der Waals surface area contributed by atoms with Crippen LogP contribution in [0.4, 0.5) is 5.82 Å². The zero-order valence-corrected chi connectivity index (χ0v) is 16.5. The second kappa shape index (κ2) is 6.84. The van der Waals surface area contributed by atoms with Crippen molar-refractivity contribution in [2.24, 2.45) is 0 Å². The molecule has 3 N–H and O–H groups in total. The number of H-pyrrole nitrogens is 1. The Balaban J connectivity index is 1.65. The van der Waals surface area contributed by atoms with Crippen molar-refractivity contribution in [2.75, 3.05) is 5.73 Å². The van der Waals surface area contributed by atoms with Crippen LogP contribution in [0.1, 0.15) is 0 Å². The molecule has 0 bridgehead atoms. The van der Waals surface area contributed by atoms with Crippen LogP contribution in [-0.2, 0) is 0 Å². The Kier molecular flexibility index (Phi) is 4.15. The largest absolute Gasteiger partial charge is 0.382 e. The SMILES string of the molecule is Nc1c(-c2n[nH]c(=S)n2-c2ccc3ccccc3c2)nnn1-c1ccc(Cl)cc1. The molecule has 0 atom stereocenters. The van der Waals surface area contributed by atoms with Gasteiger partial charge in [0.1, 0.15) is 0 Å². The predicted octanol–water partition coefficient (Wildman–Crippen LogP) is 4.57. The van der Waals surface area contributed by atoms with Gasteiger partial charge in [-0.15, -0.1) is 5.10 Å². The van der Waals surface area contributed by atoms with E-state index in [0.29, 0.717) is 27.1 Å². The van der Waals surface area contributed by atoms with Gasteiger partial charge in [-0.25, -0.2) is 0 Å². The van der Waals surface area contributed by atoms with Gasteiger partial charge in [0, 0.05) is 5.02 Å². The molecule has 0 fully saturated rings. The molecule has 0 amide bonds. The summed E-state index contributed by atoms with van der Waals surface area (Å²) in [5.41, 5.74) is 8.39. The van der Waals surface area contributed by atoms with Gasteiger partial charge in [-0.2, -0.15) is 9.78 Å². The van der Waals surface area contributed by atoms with E-state index < -0.39 is 0 Å². The molecule has 0 aliphatic carbocycles. The third-order valence-corrected chi connectivity index (χ3v) is 5.18. The number of fused-ring (bicyclic) bond motifs is 1. The molecule has 9 heteroatoms. The van der Waals surface area contributed by atoms with Crippen LogP contribution in [0, 0.1) is 4.77 Å². The summed E-state index contributed by atoms with van der Waals surface area (Å²) in [5, 5.41) is 18.5. The van der Waals surface area contributed by atoms with Crippen LogP contribution in [0.3, 0.4) is 0 Å². The van der Waals surface area contributed by atoms with Gasteiger partial charge in [-0.05, 0) is 59.4 Å². The van der Waals surface area contributed by atoms with E-state index in [2.05, 4.69) is 26.6 Å². The molecular formula is C20H14ClN7S. The number of rotatable bonds is 3. The first kappa shape index (κ1) is 17.6. The van der Waals surface area contributed by atoms with Crippen LogP contribution >= 0.6 is 23.8 Å².